The van der Waals surface area contributed by atoms with Gasteiger partial charge in [0.1, 0.15) is 0 Å². The van der Waals surface area contributed by atoms with Crippen molar-refractivity contribution in [3.8, 4) is 0 Å². The van der Waals surface area contributed by atoms with Crippen molar-refractivity contribution >= 4 is 39.1 Å². The Morgan fingerprint density at radius 1 is 1.05 bits per heavy atom. The van der Waals surface area contributed by atoms with Gasteiger partial charge in [-0.2, -0.15) is 0 Å². The first-order valence-electron chi connectivity index (χ1n) is 6.64. The Labute approximate surface area is 131 Å². The molecule has 0 spiro atoms. The van der Waals surface area contributed by atoms with Crippen molar-refractivity contribution in [1.29, 1.82) is 0 Å². The van der Waals surface area contributed by atoms with E-state index in [0.717, 1.165) is 10.2 Å². The van der Waals surface area contributed by atoms with Gasteiger partial charge in [0.05, 0.1) is 15.7 Å². The molecule has 6 heteroatoms. The predicted octanol–water partition coefficient (Wildman–Crippen LogP) is 2.91. The van der Waals surface area contributed by atoms with E-state index in [2.05, 4.69) is 15.6 Å². The molecule has 0 aliphatic carbocycles. The molecule has 0 saturated carbocycles. The van der Waals surface area contributed by atoms with Crippen molar-refractivity contribution in [2.75, 3.05) is 12.4 Å². The van der Waals surface area contributed by atoms with Crippen molar-refractivity contribution in [3.63, 3.8) is 0 Å². The zero-order valence-electron chi connectivity index (χ0n) is 11.8. The summed E-state index contributed by atoms with van der Waals surface area (Å²) in [4.78, 5) is 28.1. The molecule has 0 atom stereocenters. The van der Waals surface area contributed by atoms with Crippen molar-refractivity contribution in [2.45, 2.75) is 0 Å². The third-order valence-electron chi connectivity index (χ3n) is 3.20. The number of rotatable bonds is 3. The van der Waals surface area contributed by atoms with Gasteiger partial charge in [0, 0.05) is 23.9 Å². The van der Waals surface area contributed by atoms with Crippen LogP contribution in [0.5, 0.6) is 0 Å². The lowest BCUT2D eigenvalue weighted by molar-refractivity contribution is 0.0961. The van der Waals surface area contributed by atoms with Gasteiger partial charge >= 0.3 is 0 Å². The maximum Gasteiger partial charge on any atom is 0.255 e. The molecule has 2 N–H and O–H groups in total. The Hall–Kier alpha value is -2.73. The summed E-state index contributed by atoms with van der Waals surface area (Å²) in [7, 11) is 1.57. The van der Waals surface area contributed by atoms with Crippen LogP contribution in [0.3, 0.4) is 0 Å². The number of fused-ring (bicyclic) bond motifs is 1. The topological polar surface area (TPSA) is 71.1 Å². The second-order valence-corrected chi connectivity index (χ2v) is 5.54. The molecular formula is C16H13N3O2S. The summed E-state index contributed by atoms with van der Waals surface area (Å²) in [6.07, 6.45) is 0. The zero-order valence-corrected chi connectivity index (χ0v) is 12.6. The fourth-order valence-corrected chi connectivity index (χ4v) is 2.80. The Balaban J connectivity index is 1.83. The predicted molar refractivity (Wildman–Crippen MR) is 87.4 cm³/mol. The molecule has 3 aromatic rings. The van der Waals surface area contributed by atoms with Crippen LogP contribution in [0.1, 0.15) is 20.7 Å². The summed E-state index contributed by atoms with van der Waals surface area (Å²) < 4.78 is 0.965. The van der Waals surface area contributed by atoms with Gasteiger partial charge in [0.25, 0.3) is 11.8 Å². The number of nitrogens with zero attached hydrogens (tertiary/aromatic N) is 1. The highest BCUT2D eigenvalue weighted by molar-refractivity contribution is 7.16. The van der Waals surface area contributed by atoms with E-state index in [1.54, 1.807) is 42.9 Å². The van der Waals surface area contributed by atoms with E-state index >= 15 is 0 Å². The molecule has 1 heterocycles. The third-order valence-corrected chi connectivity index (χ3v) is 3.99. The van der Waals surface area contributed by atoms with Crippen LogP contribution in [0, 0.1) is 0 Å². The average molecular weight is 311 g/mol. The highest BCUT2D eigenvalue weighted by Gasteiger charge is 2.09. The second kappa shape index (κ2) is 5.95. The summed E-state index contributed by atoms with van der Waals surface area (Å²) in [5.41, 5.74) is 4.26. The van der Waals surface area contributed by atoms with E-state index < -0.39 is 0 Å². The highest BCUT2D eigenvalue weighted by Crippen LogP contribution is 2.20. The number of amides is 2. The maximum absolute atomic E-state index is 12.3. The van der Waals surface area contributed by atoms with Crippen LogP contribution in [0.15, 0.2) is 48.0 Å². The summed E-state index contributed by atoms with van der Waals surface area (Å²) in [5.74, 6) is -0.411. The van der Waals surface area contributed by atoms with Crippen LogP contribution < -0.4 is 10.6 Å². The van der Waals surface area contributed by atoms with Gasteiger partial charge in [-0.15, -0.1) is 11.3 Å². The van der Waals surface area contributed by atoms with Crippen molar-refractivity contribution in [2.24, 2.45) is 0 Å². The molecule has 2 amide bonds. The molecule has 0 bridgehead atoms. The summed E-state index contributed by atoms with van der Waals surface area (Å²) >= 11 is 1.49. The summed E-state index contributed by atoms with van der Waals surface area (Å²) in [5, 5.41) is 5.35. The quantitative estimate of drug-likeness (QED) is 0.781. The fraction of sp³-hybridized carbons (Fsp3) is 0.0625. The molecule has 5 nitrogen and oxygen atoms in total. The number of anilines is 1. The molecule has 2 aromatic carbocycles. The van der Waals surface area contributed by atoms with Crippen molar-refractivity contribution < 1.29 is 9.59 Å². The number of aromatic nitrogens is 1. The highest BCUT2D eigenvalue weighted by atomic mass is 32.1. The SMILES string of the molecule is CNC(=O)c1cccc(NC(=O)c2ccc3ncsc3c2)c1. The normalized spacial score (nSPS) is 10.4. The van der Waals surface area contributed by atoms with E-state index in [0.29, 0.717) is 16.8 Å². The number of carbonyl (C=O) groups is 2. The lowest BCUT2D eigenvalue weighted by Gasteiger charge is -2.07. The molecule has 22 heavy (non-hydrogen) atoms. The molecule has 0 aliphatic heterocycles. The molecular weight excluding hydrogens is 298 g/mol. The van der Waals surface area contributed by atoms with Crippen molar-refractivity contribution in [3.05, 3.63) is 59.1 Å². The molecule has 0 radical (unpaired) electrons. The van der Waals surface area contributed by atoms with Crippen LogP contribution in [-0.2, 0) is 0 Å². The first kappa shape index (κ1) is 14.2. The Kier molecular flexibility index (Phi) is 3.84. The van der Waals surface area contributed by atoms with E-state index in [9.17, 15) is 9.59 Å². The Morgan fingerprint density at radius 2 is 1.86 bits per heavy atom. The minimum Gasteiger partial charge on any atom is -0.355 e. The van der Waals surface area contributed by atoms with Gasteiger partial charge in [-0.25, -0.2) is 4.98 Å². The van der Waals surface area contributed by atoms with Crippen LogP contribution >= 0.6 is 11.3 Å². The van der Waals surface area contributed by atoms with E-state index in [-0.39, 0.29) is 11.8 Å². The van der Waals surface area contributed by atoms with Crippen LogP contribution in [0.2, 0.25) is 0 Å². The Bertz CT molecular complexity index is 857. The van der Waals surface area contributed by atoms with Gasteiger partial charge in [-0.3, -0.25) is 9.59 Å². The Morgan fingerprint density at radius 3 is 2.68 bits per heavy atom. The number of carbonyl (C=O) groups excluding carboxylic acids is 2. The number of benzene rings is 2. The molecule has 1 aromatic heterocycles. The van der Waals surface area contributed by atoms with Gasteiger partial charge in [-0.05, 0) is 36.4 Å². The molecule has 0 fully saturated rings. The van der Waals surface area contributed by atoms with Crippen LogP contribution in [0.25, 0.3) is 10.2 Å². The van der Waals surface area contributed by atoms with Crippen LogP contribution in [-0.4, -0.2) is 23.8 Å². The van der Waals surface area contributed by atoms with E-state index in [1.807, 2.05) is 12.1 Å². The minimum atomic E-state index is -0.218. The third kappa shape index (κ3) is 2.82. The monoisotopic (exact) mass is 311 g/mol. The lowest BCUT2D eigenvalue weighted by Crippen LogP contribution is -2.18. The average Bonchev–Trinajstić information content (AvgIpc) is 3.01. The fourth-order valence-electron chi connectivity index (χ4n) is 2.08. The first-order chi connectivity index (χ1) is 10.7. The van der Waals surface area contributed by atoms with Gasteiger partial charge < -0.3 is 10.6 Å². The first-order valence-corrected chi connectivity index (χ1v) is 7.52. The summed E-state index contributed by atoms with van der Waals surface area (Å²) in [6, 6.07) is 12.2. The lowest BCUT2D eigenvalue weighted by atomic mass is 10.1. The molecule has 3 rings (SSSR count). The smallest absolute Gasteiger partial charge is 0.255 e. The van der Waals surface area contributed by atoms with E-state index in [1.165, 1.54) is 11.3 Å². The number of hydrogen-bond acceptors (Lipinski definition) is 4. The minimum absolute atomic E-state index is 0.192. The molecule has 0 saturated heterocycles. The standard InChI is InChI=1S/C16H13N3O2S/c1-17-15(20)10-3-2-4-12(7-10)19-16(21)11-5-6-13-14(8-11)22-9-18-13/h2-9H,1H3,(H,17,20)(H,19,21). The number of nitrogens with one attached hydrogen (secondary N) is 2. The number of hydrogen-bond donors (Lipinski definition) is 2. The molecule has 0 aliphatic rings. The molecule has 110 valence electrons. The van der Waals surface area contributed by atoms with Gasteiger partial charge in [-0.1, -0.05) is 6.07 Å². The number of thiazole rings is 1. The van der Waals surface area contributed by atoms with E-state index in [4.69, 9.17) is 0 Å². The molecule has 0 unspecified atom stereocenters. The maximum atomic E-state index is 12.3. The van der Waals surface area contributed by atoms with Crippen molar-refractivity contribution in [1.82, 2.24) is 10.3 Å². The second-order valence-electron chi connectivity index (χ2n) is 4.65. The van der Waals surface area contributed by atoms with Gasteiger partial charge in [0.2, 0.25) is 0 Å². The largest absolute Gasteiger partial charge is 0.355 e. The summed E-state index contributed by atoms with van der Waals surface area (Å²) in [6.45, 7) is 0. The zero-order chi connectivity index (χ0) is 15.5. The van der Waals surface area contributed by atoms with Gasteiger partial charge in [0.15, 0.2) is 0 Å². The van der Waals surface area contributed by atoms with Crippen LogP contribution in [0.4, 0.5) is 5.69 Å².